The van der Waals surface area contributed by atoms with E-state index in [1.54, 1.807) is 0 Å². The standard InChI is InChI=1S/C47H93NO4/c1-4-7-10-13-16-19-22-25-28-31-34-37-40-46(49)47(50)48-43-45(52-42-39-36-33-30-27-24-21-18-15-12-9-6-3)44-51-41-38-35-32-29-26-23-20-17-14-11-8-5-2/h45H,4-44H2,1-3H3,(H,48,50)/t45-/m1/s1. The number of Topliss-reactive ketones (excluding diaryl/α,β-unsaturated/α-hetero) is 1. The highest BCUT2D eigenvalue weighted by molar-refractivity contribution is 6.36. The Morgan fingerprint density at radius 1 is 0.404 bits per heavy atom. The maximum absolute atomic E-state index is 12.6. The molecule has 0 saturated carbocycles. The van der Waals surface area contributed by atoms with E-state index in [0.29, 0.717) is 26.2 Å². The van der Waals surface area contributed by atoms with E-state index in [0.717, 1.165) is 38.7 Å². The molecule has 0 radical (unpaired) electrons. The van der Waals surface area contributed by atoms with Gasteiger partial charge in [0.2, 0.25) is 5.78 Å². The molecule has 0 aliphatic rings. The SMILES string of the molecule is CCCCCCCCCCCCCCOC[C@@H](CNC(=O)C(=O)CCCCCCCCCCCCCC)OCCCCCCCCCCCCCC. The van der Waals surface area contributed by atoms with Crippen LogP contribution in [0.15, 0.2) is 0 Å². The molecule has 5 heteroatoms. The van der Waals surface area contributed by atoms with Gasteiger partial charge in [-0.25, -0.2) is 0 Å². The van der Waals surface area contributed by atoms with Crippen LogP contribution in [-0.2, 0) is 19.1 Å². The molecule has 0 bridgehead atoms. The molecule has 0 heterocycles. The minimum absolute atomic E-state index is 0.201. The lowest BCUT2D eigenvalue weighted by Gasteiger charge is -2.19. The van der Waals surface area contributed by atoms with Crippen molar-refractivity contribution in [1.82, 2.24) is 5.32 Å². The zero-order chi connectivity index (χ0) is 37.8. The van der Waals surface area contributed by atoms with Gasteiger partial charge in [0.15, 0.2) is 0 Å². The third-order valence-corrected chi connectivity index (χ3v) is 10.8. The summed E-state index contributed by atoms with van der Waals surface area (Å²) < 4.78 is 12.2. The fourth-order valence-electron chi connectivity index (χ4n) is 7.16. The molecule has 0 unspecified atom stereocenters. The first-order chi connectivity index (χ1) is 25.7. The van der Waals surface area contributed by atoms with Crippen molar-refractivity contribution < 1.29 is 19.1 Å². The van der Waals surface area contributed by atoms with Crippen molar-refractivity contribution in [2.45, 2.75) is 264 Å². The predicted molar refractivity (Wildman–Crippen MR) is 226 cm³/mol. The summed E-state index contributed by atoms with van der Waals surface area (Å²) in [5.74, 6) is -0.743. The second-order valence-corrected chi connectivity index (χ2v) is 16.1. The van der Waals surface area contributed by atoms with Gasteiger partial charge in [0.1, 0.15) is 0 Å². The fourth-order valence-corrected chi connectivity index (χ4v) is 7.16. The summed E-state index contributed by atoms with van der Waals surface area (Å²) in [6.45, 7) is 9.08. The van der Waals surface area contributed by atoms with E-state index < -0.39 is 5.91 Å². The van der Waals surface area contributed by atoms with Crippen molar-refractivity contribution in [3.8, 4) is 0 Å². The highest BCUT2D eigenvalue weighted by Gasteiger charge is 2.16. The van der Waals surface area contributed by atoms with Crippen LogP contribution in [0.2, 0.25) is 0 Å². The van der Waals surface area contributed by atoms with Crippen molar-refractivity contribution in [2.24, 2.45) is 0 Å². The summed E-state index contributed by atoms with van der Waals surface area (Å²) in [4.78, 5) is 25.1. The molecule has 0 aliphatic heterocycles. The maximum atomic E-state index is 12.6. The minimum Gasteiger partial charge on any atom is -0.379 e. The van der Waals surface area contributed by atoms with Crippen LogP contribution < -0.4 is 5.32 Å². The van der Waals surface area contributed by atoms with Gasteiger partial charge < -0.3 is 14.8 Å². The van der Waals surface area contributed by atoms with Crippen LogP contribution in [-0.4, -0.2) is 44.2 Å². The number of rotatable bonds is 45. The highest BCUT2D eigenvalue weighted by atomic mass is 16.5. The first-order valence-corrected chi connectivity index (χ1v) is 23.7. The molecule has 1 amide bonds. The molecule has 1 atom stereocenters. The van der Waals surface area contributed by atoms with Gasteiger partial charge in [-0.2, -0.15) is 0 Å². The number of unbranched alkanes of at least 4 members (excludes halogenated alkanes) is 33. The highest BCUT2D eigenvalue weighted by Crippen LogP contribution is 2.15. The van der Waals surface area contributed by atoms with Gasteiger partial charge in [-0.15, -0.1) is 0 Å². The molecule has 1 N–H and O–H groups in total. The molecule has 5 nitrogen and oxygen atoms in total. The molecule has 0 spiro atoms. The lowest BCUT2D eigenvalue weighted by atomic mass is 10.0. The van der Waals surface area contributed by atoms with Crippen molar-refractivity contribution in [3.05, 3.63) is 0 Å². The van der Waals surface area contributed by atoms with Crippen molar-refractivity contribution in [3.63, 3.8) is 0 Å². The minimum atomic E-state index is -0.456. The molecule has 0 aliphatic carbocycles. The van der Waals surface area contributed by atoms with Crippen LogP contribution >= 0.6 is 0 Å². The summed E-state index contributed by atoms with van der Waals surface area (Å²) in [7, 11) is 0. The van der Waals surface area contributed by atoms with Gasteiger partial charge in [0.25, 0.3) is 5.91 Å². The first-order valence-electron chi connectivity index (χ1n) is 23.7. The van der Waals surface area contributed by atoms with Gasteiger partial charge in [0.05, 0.1) is 12.7 Å². The van der Waals surface area contributed by atoms with Gasteiger partial charge in [-0.1, -0.05) is 233 Å². The number of nitrogens with one attached hydrogen (secondary N) is 1. The first kappa shape index (κ1) is 51.1. The van der Waals surface area contributed by atoms with Crippen molar-refractivity contribution in [2.75, 3.05) is 26.4 Å². The number of carbonyl (C=O) groups excluding carboxylic acids is 2. The largest absolute Gasteiger partial charge is 0.379 e. The van der Waals surface area contributed by atoms with Crippen LogP contribution in [0.1, 0.15) is 258 Å². The van der Waals surface area contributed by atoms with E-state index >= 15 is 0 Å². The van der Waals surface area contributed by atoms with Gasteiger partial charge in [-0.05, 0) is 19.3 Å². The number of ketones is 1. The molecule has 0 aromatic heterocycles. The Labute approximate surface area is 326 Å². The normalized spacial score (nSPS) is 12.1. The second kappa shape index (κ2) is 44.5. The smallest absolute Gasteiger partial charge is 0.287 e. The molecule has 0 saturated heterocycles. The lowest BCUT2D eigenvalue weighted by Crippen LogP contribution is -2.39. The van der Waals surface area contributed by atoms with E-state index in [-0.39, 0.29) is 11.9 Å². The van der Waals surface area contributed by atoms with Crippen LogP contribution in [0, 0.1) is 0 Å². The Morgan fingerprint density at radius 2 is 0.712 bits per heavy atom. The van der Waals surface area contributed by atoms with Gasteiger partial charge in [-0.3, -0.25) is 9.59 Å². The van der Waals surface area contributed by atoms with E-state index in [4.69, 9.17) is 9.47 Å². The number of carbonyl (C=O) groups is 2. The van der Waals surface area contributed by atoms with Crippen LogP contribution in [0.3, 0.4) is 0 Å². The monoisotopic (exact) mass is 736 g/mol. The van der Waals surface area contributed by atoms with Gasteiger partial charge >= 0.3 is 0 Å². The Kier molecular flexibility index (Phi) is 43.7. The Morgan fingerprint density at radius 3 is 1.08 bits per heavy atom. The van der Waals surface area contributed by atoms with Gasteiger partial charge in [0, 0.05) is 26.2 Å². The summed E-state index contributed by atoms with van der Waals surface area (Å²) in [6, 6.07) is 0. The number of hydrogen-bond acceptors (Lipinski definition) is 4. The summed E-state index contributed by atoms with van der Waals surface area (Å²) in [5.41, 5.74) is 0. The lowest BCUT2D eigenvalue weighted by molar-refractivity contribution is -0.138. The topological polar surface area (TPSA) is 64.6 Å². The summed E-state index contributed by atoms with van der Waals surface area (Å²) >= 11 is 0. The molecular weight excluding hydrogens is 643 g/mol. The quantitative estimate of drug-likeness (QED) is 0.0499. The number of hydrogen-bond donors (Lipinski definition) is 1. The van der Waals surface area contributed by atoms with Crippen molar-refractivity contribution in [1.29, 1.82) is 0 Å². The molecule has 0 rings (SSSR count). The number of ether oxygens (including phenoxy) is 2. The molecular formula is C47H93NO4. The van der Waals surface area contributed by atoms with Crippen molar-refractivity contribution >= 4 is 11.7 Å². The average molecular weight is 736 g/mol. The zero-order valence-corrected chi connectivity index (χ0v) is 35.7. The molecule has 0 aromatic carbocycles. The molecule has 310 valence electrons. The molecule has 0 fully saturated rings. The zero-order valence-electron chi connectivity index (χ0n) is 35.7. The third kappa shape index (κ3) is 40.2. The van der Waals surface area contributed by atoms with Crippen LogP contribution in [0.5, 0.6) is 0 Å². The van der Waals surface area contributed by atoms with E-state index in [9.17, 15) is 9.59 Å². The molecule has 52 heavy (non-hydrogen) atoms. The summed E-state index contributed by atoms with van der Waals surface area (Å²) in [5, 5.41) is 2.88. The van der Waals surface area contributed by atoms with E-state index in [2.05, 4.69) is 26.1 Å². The number of amides is 1. The second-order valence-electron chi connectivity index (χ2n) is 16.1. The Balaban J connectivity index is 4.17. The maximum Gasteiger partial charge on any atom is 0.287 e. The van der Waals surface area contributed by atoms with E-state index in [1.807, 2.05) is 0 Å². The molecule has 0 aromatic rings. The average Bonchev–Trinajstić information content (AvgIpc) is 3.15. The Bertz CT molecular complexity index is 714. The Hall–Kier alpha value is -0.940. The third-order valence-electron chi connectivity index (χ3n) is 10.8. The summed E-state index contributed by atoms with van der Waals surface area (Å²) in [6.07, 6.45) is 47.1. The van der Waals surface area contributed by atoms with Crippen LogP contribution in [0.4, 0.5) is 0 Å². The van der Waals surface area contributed by atoms with Crippen LogP contribution in [0.25, 0.3) is 0 Å². The fraction of sp³-hybridized carbons (Fsp3) is 0.957. The predicted octanol–water partition coefficient (Wildman–Crippen LogP) is 14.6. The van der Waals surface area contributed by atoms with E-state index in [1.165, 1.54) is 199 Å².